The molecule has 94 valence electrons. The van der Waals surface area contributed by atoms with E-state index in [1.165, 1.54) is 37.7 Å². The monoisotopic (exact) mass is 251 g/mol. The third-order valence-electron chi connectivity index (χ3n) is 3.77. The normalized spacial score (nSPS) is 25.5. The van der Waals surface area contributed by atoms with Crippen LogP contribution in [-0.2, 0) is 6.54 Å². The van der Waals surface area contributed by atoms with Gasteiger partial charge < -0.3 is 5.32 Å². The average molecular weight is 252 g/mol. The van der Waals surface area contributed by atoms with Crippen LogP contribution in [0.25, 0.3) is 0 Å². The summed E-state index contributed by atoms with van der Waals surface area (Å²) in [7, 11) is 0. The molecule has 1 N–H and O–H groups in total. The molecule has 0 amide bonds. The second kappa shape index (κ2) is 6.42. The number of hydrogen-bond donors (Lipinski definition) is 1. The molecule has 0 spiro atoms. The van der Waals surface area contributed by atoms with Crippen molar-refractivity contribution in [2.24, 2.45) is 5.92 Å². The molecule has 1 aromatic carbocycles. The molecular weight excluding hydrogens is 230 g/mol. The zero-order valence-corrected chi connectivity index (χ0v) is 11.3. The highest BCUT2D eigenvalue weighted by Crippen LogP contribution is 2.22. The molecule has 0 heterocycles. The molecule has 0 saturated heterocycles. The zero-order chi connectivity index (χ0) is 12.1. The molecule has 1 aliphatic carbocycles. The van der Waals surface area contributed by atoms with Gasteiger partial charge in [-0.3, -0.25) is 0 Å². The molecule has 0 bridgehead atoms. The third-order valence-corrected chi connectivity index (χ3v) is 4.02. The van der Waals surface area contributed by atoms with Gasteiger partial charge in [0.25, 0.3) is 0 Å². The van der Waals surface area contributed by atoms with Crippen molar-refractivity contribution in [3.05, 3.63) is 34.9 Å². The topological polar surface area (TPSA) is 12.0 Å². The molecule has 1 nitrogen and oxygen atoms in total. The number of halogens is 1. The van der Waals surface area contributed by atoms with Crippen LogP contribution in [0.5, 0.6) is 0 Å². The van der Waals surface area contributed by atoms with Crippen molar-refractivity contribution in [2.75, 3.05) is 0 Å². The molecule has 0 radical (unpaired) electrons. The molecule has 2 rings (SSSR count). The van der Waals surface area contributed by atoms with Gasteiger partial charge in [0, 0.05) is 17.6 Å². The number of benzene rings is 1. The van der Waals surface area contributed by atoms with E-state index in [0.717, 1.165) is 17.5 Å². The molecule has 0 aliphatic heterocycles. The lowest BCUT2D eigenvalue weighted by atomic mass is 10.0. The van der Waals surface area contributed by atoms with Gasteiger partial charge in [-0.05, 0) is 42.9 Å². The maximum atomic E-state index is 5.88. The molecule has 0 aromatic heterocycles. The Morgan fingerprint density at radius 2 is 1.88 bits per heavy atom. The van der Waals surface area contributed by atoms with Crippen molar-refractivity contribution in [1.82, 2.24) is 5.32 Å². The van der Waals surface area contributed by atoms with Crippen molar-refractivity contribution >= 4 is 11.6 Å². The Kier molecular flexibility index (Phi) is 4.87. The molecule has 1 aliphatic rings. The van der Waals surface area contributed by atoms with Crippen LogP contribution in [-0.4, -0.2) is 6.04 Å². The van der Waals surface area contributed by atoms with E-state index in [1.807, 2.05) is 12.1 Å². The van der Waals surface area contributed by atoms with E-state index in [2.05, 4.69) is 24.4 Å². The standard InChI is InChI=1S/C15H22ClN/c1-12-3-2-4-15(10-5-12)17-11-13-6-8-14(16)9-7-13/h6-9,12,15,17H,2-5,10-11H2,1H3. The summed E-state index contributed by atoms with van der Waals surface area (Å²) in [5.74, 6) is 0.914. The van der Waals surface area contributed by atoms with Gasteiger partial charge in [-0.1, -0.05) is 43.5 Å². The van der Waals surface area contributed by atoms with Gasteiger partial charge in [-0.15, -0.1) is 0 Å². The highest BCUT2D eigenvalue weighted by Gasteiger charge is 2.15. The van der Waals surface area contributed by atoms with Gasteiger partial charge in [0.15, 0.2) is 0 Å². The summed E-state index contributed by atoms with van der Waals surface area (Å²) >= 11 is 5.88. The molecule has 2 unspecified atom stereocenters. The van der Waals surface area contributed by atoms with Gasteiger partial charge in [0.2, 0.25) is 0 Å². The number of nitrogens with one attached hydrogen (secondary N) is 1. The van der Waals surface area contributed by atoms with E-state index in [1.54, 1.807) is 0 Å². The first kappa shape index (κ1) is 12.9. The van der Waals surface area contributed by atoms with Crippen LogP contribution in [0.3, 0.4) is 0 Å². The SMILES string of the molecule is CC1CCCC(NCc2ccc(Cl)cc2)CC1. The van der Waals surface area contributed by atoms with Crippen molar-refractivity contribution in [3.63, 3.8) is 0 Å². The summed E-state index contributed by atoms with van der Waals surface area (Å²) in [5, 5.41) is 4.49. The fourth-order valence-electron chi connectivity index (χ4n) is 2.56. The van der Waals surface area contributed by atoms with Crippen LogP contribution in [0.2, 0.25) is 5.02 Å². The molecule has 2 atom stereocenters. The van der Waals surface area contributed by atoms with Crippen molar-refractivity contribution in [3.8, 4) is 0 Å². The first-order valence-electron chi connectivity index (χ1n) is 6.72. The van der Waals surface area contributed by atoms with Crippen molar-refractivity contribution < 1.29 is 0 Å². The van der Waals surface area contributed by atoms with Crippen LogP contribution >= 0.6 is 11.6 Å². The minimum Gasteiger partial charge on any atom is -0.310 e. The van der Waals surface area contributed by atoms with Gasteiger partial charge >= 0.3 is 0 Å². The number of hydrogen-bond acceptors (Lipinski definition) is 1. The summed E-state index contributed by atoms with van der Waals surface area (Å²) in [6.07, 6.45) is 6.81. The summed E-state index contributed by atoms with van der Waals surface area (Å²) in [6.45, 7) is 3.35. The van der Waals surface area contributed by atoms with E-state index < -0.39 is 0 Å². The van der Waals surface area contributed by atoms with Gasteiger partial charge in [-0.2, -0.15) is 0 Å². The largest absolute Gasteiger partial charge is 0.310 e. The van der Waals surface area contributed by atoms with Gasteiger partial charge in [0.1, 0.15) is 0 Å². The number of rotatable bonds is 3. The van der Waals surface area contributed by atoms with Gasteiger partial charge in [0.05, 0.1) is 0 Å². The van der Waals surface area contributed by atoms with E-state index in [-0.39, 0.29) is 0 Å². The van der Waals surface area contributed by atoms with E-state index >= 15 is 0 Å². The average Bonchev–Trinajstić information content (AvgIpc) is 2.54. The summed E-state index contributed by atoms with van der Waals surface area (Å²) < 4.78 is 0. The Balaban J connectivity index is 1.79. The Morgan fingerprint density at radius 3 is 2.65 bits per heavy atom. The fourth-order valence-corrected chi connectivity index (χ4v) is 2.68. The Labute approximate surface area is 110 Å². The second-order valence-corrected chi connectivity index (χ2v) is 5.75. The maximum absolute atomic E-state index is 5.88. The third kappa shape index (κ3) is 4.33. The maximum Gasteiger partial charge on any atom is 0.0406 e. The van der Waals surface area contributed by atoms with Crippen LogP contribution in [0.4, 0.5) is 0 Å². The minimum atomic E-state index is 0.704. The van der Waals surface area contributed by atoms with E-state index in [9.17, 15) is 0 Å². The summed E-state index contributed by atoms with van der Waals surface area (Å²) in [6, 6.07) is 8.85. The fraction of sp³-hybridized carbons (Fsp3) is 0.600. The van der Waals surface area contributed by atoms with E-state index in [4.69, 9.17) is 11.6 Å². The lowest BCUT2D eigenvalue weighted by molar-refractivity contribution is 0.447. The Morgan fingerprint density at radius 1 is 1.12 bits per heavy atom. The predicted octanol–water partition coefficient (Wildman–Crippen LogP) is 4.40. The van der Waals surface area contributed by atoms with Crippen LogP contribution in [0.1, 0.15) is 44.6 Å². The lowest BCUT2D eigenvalue weighted by Crippen LogP contribution is -2.27. The Hall–Kier alpha value is -0.530. The van der Waals surface area contributed by atoms with Crippen molar-refractivity contribution in [1.29, 1.82) is 0 Å². The van der Waals surface area contributed by atoms with E-state index in [0.29, 0.717) is 6.04 Å². The summed E-state index contributed by atoms with van der Waals surface area (Å²) in [5.41, 5.74) is 1.33. The highest BCUT2D eigenvalue weighted by atomic mass is 35.5. The van der Waals surface area contributed by atoms with Crippen molar-refractivity contribution in [2.45, 2.75) is 51.6 Å². The predicted molar refractivity (Wildman–Crippen MR) is 74.3 cm³/mol. The second-order valence-electron chi connectivity index (χ2n) is 5.32. The quantitative estimate of drug-likeness (QED) is 0.786. The van der Waals surface area contributed by atoms with Crippen LogP contribution < -0.4 is 5.32 Å². The lowest BCUT2D eigenvalue weighted by Gasteiger charge is -2.16. The van der Waals surface area contributed by atoms with Crippen LogP contribution in [0.15, 0.2) is 24.3 Å². The zero-order valence-electron chi connectivity index (χ0n) is 10.6. The molecule has 17 heavy (non-hydrogen) atoms. The molecule has 1 aromatic rings. The molecule has 1 saturated carbocycles. The highest BCUT2D eigenvalue weighted by molar-refractivity contribution is 6.30. The first-order chi connectivity index (χ1) is 8.24. The molecule has 2 heteroatoms. The van der Waals surface area contributed by atoms with Gasteiger partial charge in [-0.25, -0.2) is 0 Å². The summed E-state index contributed by atoms with van der Waals surface area (Å²) in [4.78, 5) is 0. The Bertz CT molecular complexity index is 333. The molecule has 1 fully saturated rings. The van der Waals surface area contributed by atoms with Crippen LogP contribution in [0, 0.1) is 5.92 Å². The smallest absolute Gasteiger partial charge is 0.0406 e. The first-order valence-corrected chi connectivity index (χ1v) is 7.09. The molecular formula is C15H22ClN. The minimum absolute atomic E-state index is 0.704.